The number of rotatable bonds is 2. The van der Waals surface area contributed by atoms with Gasteiger partial charge in [0.15, 0.2) is 0 Å². The van der Waals surface area contributed by atoms with E-state index in [1.807, 2.05) is 11.8 Å². The Hall–Kier alpha value is -1.45. The summed E-state index contributed by atoms with van der Waals surface area (Å²) in [5.74, 6) is -0.838. The van der Waals surface area contributed by atoms with Gasteiger partial charge in [0, 0.05) is 32.0 Å². The van der Waals surface area contributed by atoms with Crippen LogP contribution in [0.2, 0.25) is 0 Å². The molecule has 2 rings (SSSR count). The summed E-state index contributed by atoms with van der Waals surface area (Å²) in [7, 11) is 0. The molecule has 1 aliphatic rings. The maximum absolute atomic E-state index is 13.7. The molecule has 1 aromatic carbocycles. The van der Waals surface area contributed by atoms with Gasteiger partial charge in [0.25, 0.3) is 0 Å². The highest BCUT2D eigenvalue weighted by atomic mass is 19.1. The number of nitrogens with zero attached hydrogens (tertiary/aromatic N) is 1. The first-order valence-corrected chi connectivity index (χ1v) is 5.86. The molecule has 0 N–H and O–H groups in total. The summed E-state index contributed by atoms with van der Waals surface area (Å²) in [5, 5.41) is 0. The first-order chi connectivity index (χ1) is 8.11. The molecular formula is C13H15F2NO. The molecule has 0 spiro atoms. The molecule has 17 heavy (non-hydrogen) atoms. The largest absolute Gasteiger partial charge is 0.368 e. The molecule has 1 fully saturated rings. The molecule has 92 valence electrons. The van der Waals surface area contributed by atoms with Gasteiger partial charge in [-0.05, 0) is 18.1 Å². The summed E-state index contributed by atoms with van der Waals surface area (Å²) < 4.78 is 27.0. The molecule has 0 radical (unpaired) electrons. The lowest BCUT2D eigenvalue weighted by molar-refractivity contribution is -0.119. The quantitative estimate of drug-likeness (QED) is 0.790. The minimum absolute atomic E-state index is 0.208. The van der Waals surface area contributed by atoms with Crippen LogP contribution in [0, 0.1) is 11.6 Å². The van der Waals surface area contributed by atoms with Gasteiger partial charge in [-0.15, -0.1) is 0 Å². The molecule has 2 nitrogen and oxygen atoms in total. The van der Waals surface area contributed by atoms with E-state index in [4.69, 9.17) is 0 Å². The van der Waals surface area contributed by atoms with Gasteiger partial charge in [-0.3, -0.25) is 4.79 Å². The molecule has 4 heteroatoms. The molecule has 0 aliphatic carbocycles. The summed E-state index contributed by atoms with van der Waals surface area (Å²) in [6, 6.07) is 2.49. The van der Waals surface area contributed by atoms with Crippen molar-refractivity contribution in [2.24, 2.45) is 0 Å². The van der Waals surface area contributed by atoms with Crippen molar-refractivity contribution in [3.8, 4) is 0 Å². The van der Waals surface area contributed by atoms with E-state index >= 15 is 0 Å². The first-order valence-electron chi connectivity index (χ1n) is 5.86. The number of hydrogen-bond acceptors (Lipinski definition) is 2. The van der Waals surface area contributed by atoms with Crippen LogP contribution in [0.5, 0.6) is 0 Å². The number of halogens is 2. The van der Waals surface area contributed by atoms with E-state index in [0.717, 1.165) is 6.07 Å². The summed E-state index contributed by atoms with van der Waals surface area (Å²) in [4.78, 5) is 12.9. The van der Waals surface area contributed by atoms with E-state index in [9.17, 15) is 13.6 Å². The smallest absolute Gasteiger partial charge is 0.149 e. The second kappa shape index (κ2) is 4.82. The third-order valence-electron chi connectivity index (χ3n) is 3.16. The lowest BCUT2D eigenvalue weighted by Gasteiger charge is -2.28. The fourth-order valence-electron chi connectivity index (χ4n) is 2.09. The van der Waals surface area contributed by atoms with Crippen LogP contribution >= 0.6 is 0 Å². The van der Waals surface area contributed by atoms with E-state index in [1.165, 1.54) is 0 Å². The number of piperidine rings is 1. The predicted octanol–water partition coefficient (Wildman–Crippen LogP) is 2.70. The van der Waals surface area contributed by atoms with Gasteiger partial charge in [0.05, 0.1) is 5.69 Å². The summed E-state index contributed by atoms with van der Waals surface area (Å²) in [6.07, 6.45) is 1.42. The highest BCUT2D eigenvalue weighted by Gasteiger charge is 2.20. The molecule has 1 saturated heterocycles. The van der Waals surface area contributed by atoms with Crippen molar-refractivity contribution in [3.05, 3.63) is 29.3 Å². The van der Waals surface area contributed by atoms with Crippen molar-refractivity contribution in [3.63, 3.8) is 0 Å². The first kappa shape index (κ1) is 12.0. The Balaban J connectivity index is 2.28. The molecule has 0 bridgehead atoms. The third-order valence-corrected chi connectivity index (χ3v) is 3.16. The van der Waals surface area contributed by atoms with Crippen LogP contribution in [0.3, 0.4) is 0 Å². The molecule has 0 atom stereocenters. The number of carbonyl (C=O) groups excluding carboxylic acids is 1. The van der Waals surface area contributed by atoms with Crippen molar-refractivity contribution in [2.75, 3.05) is 18.0 Å². The second-order valence-electron chi connectivity index (χ2n) is 4.27. The standard InChI is InChI=1S/C13H15F2NO/c1-2-9-7-13(12(15)8-11(9)14)16-5-3-10(17)4-6-16/h7-8H,2-6H2,1H3. The fraction of sp³-hybridized carbons (Fsp3) is 0.462. The zero-order valence-electron chi connectivity index (χ0n) is 9.80. The van der Waals surface area contributed by atoms with Crippen LogP contribution in [-0.4, -0.2) is 18.9 Å². The monoisotopic (exact) mass is 239 g/mol. The van der Waals surface area contributed by atoms with Crippen molar-refractivity contribution in [1.29, 1.82) is 0 Å². The van der Waals surface area contributed by atoms with Crippen LogP contribution < -0.4 is 4.90 Å². The fourth-order valence-corrected chi connectivity index (χ4v) is 2.09. The number of aryl methyl sites for hydroxylation is 1. The summed E-state index contributed by atoms with van der Waals surface area (Å²) in [5.41, 5.74) is 0.925. The molecular weight excluding hydrogens is 224 g/mol. The molecule has 1 aromatic rings. The molecule has 0 saturated carbocycles. The number of Topliss-reactive ketones (excluding diaryl/α,β-unsaturated/α-hetero) is 1. The van der Waals surface area contributed by atoms with Crippen molar-refractivity contribution in [2.45, 2.75) is 26.2 Å². The molecule has 0 aromatic heterocycles. The number of carbonyl (C=O) groups is 1. The summed E-state index contributed by atoms with van der Waals surface area (Å²) in [6.45, 7) is 2.87. The molecule has 0 unspecified atom stereocenters. The zero-order valence-corrected chi connectivity index (χ0v) is 9.80. The summed E-state index contributed by atoms with van der Waals surface area (Å²) >= 11 is 0. The lowest BCUT2D eigenvalue weighted by Crippen LogP contribution is -2.34. The van der Waals surface area contributed by atoms with Gasteiger partial charge < -0.3 is 4.90 Å². The van der Waals surface area contributed by atoms with Crippen LogP contribution in [0.4, 0.5) is 14.5 Å². The van der Waals surface area contributed by atoms with E-state index in [-0.39, 0.29) is 5.78 Å². The van der Waals surface area contributed by atoms with E-state index < -0.39 is 11.6 Å². The lowest BCUT2D eigenvalue weighted by atomic mass is 10.1. The highest BCUT2D eigenvalue weighted by molar-refractivity contribution is 5.81. The van der Waals surface area contributed by atoms with Crippen LogP contribution in [0.15, 0.2) is 12.1 Å². The molecule has 0 amide bonds. The van der Waals surface area contributed by atoms with Crippen LogP contribution in [-0.2, 0) is 11.2 Å². The van der Waals surface area contributed by atoms with E-state index in [2.05, 4.69) is 0 Å². The molecule has 1 heterocycles. The van der Waals surface area contributed by atoms with Crippen LogP contribution in [0.1, 0.15) is 25.3 Å². The highest BCUT2D eigenvalue weighted by Crippen LogP contribution is 2.25. The Kier molecular flexibility index (Phi) is 3.41. The minimum atomic E-state index is -0.547. The number of ketones is 1. The van der Waals surface area contributed by atoms with Crippen LogP contribution in [0.25, 0.3) is 0 Å². The van der Waals surface area contributed by atoms with Crippen molar-refractivity contribution >= 4 is 11.5 Å². The Morgan fingerprint density at radius 3 is 2.41 bits per heavy atom. The second-order valence-corrected chi connectivity index (χ2v) is 4.27. The Morgan fingerprint density at radius 2 is 1.82 bits per heavy atom. The van der Waals surface area contributed by atoms with Crippen molar-refractivity contribution in [1.82, 2.24) is 0 Å². The molecule has 1 aliphatic heterocycles. The predicted molar refractivity (Wildman–Crippen MR) is 62.2 cm³/mol. The zero-order chi connectivity index (χ0) is 12.4. The number of hydrogen-bond donors (Lipinski definition) is 0. The van der Waals surface area contributed by atoms with Gasteiger partial charge in [0.1, 0.15) is 17.4 Å². The number of anilines is 1. The Bertz CT molecular complexity index is 435. The Morgan fingerprint density at radius 1 is 1.18 bits per heavy atom. The van der Waals surface area contributed by atoms with Gasteiger partial charge in [0.2, 0.25) is 0 Å². The minimum Gasteiger partial charge on any atom is -0.368 e. The average Bonchev–Trinajstić information content (AvgIpc) is 2.31. The maximum Gasteiger partial charge on any atom is 0.149 e. The third kappa shape index (κ3) is 2.46. The SMILES string of the molecule is CCc1cc(N2CCC(=O)CC2)c(F)cc1F. The Labute approximate surface area is 99.2 Å². The topological polar surface area (TPSA) is 20.3 Å². The van der Waals surface area contributed by atoms with E-state index in [0.29, 0.717) is 43.6 Å². The van der Waals surface area contributed by atoms with Gasteiger partial charge in [-0.25, -0.2) is 8.78 Å². The van der Waals surface area contributed by atoms with Gasteiger partial charge >= 0.3 is 0 Å². The average molecular weight is 239 g/mol. The maximum atomic E-state index is 13.7. The van der Waals surface area contributed by atoms with Crippen molar-refractivity contribution < 1.29 is 13.6 Å². The number of benzene rings is 1. The van der Waals surface area contributed by atoms with E-state index in [1.54, 1.807) is 6.07 Å². The van der Waals surface area contributed by atoms with Gasteiger partial charge in [-0.1, -0.05) is 6.92 Å². The normalized spacial score (nSPS) is 16.4. The van der Waals surface area contributed by atoms with Gasteiger partial charge in [-0.2, -0.15) is 0 Å².